The van der Waals surface area contributed by atoms with E-state index < -0.39 is 6.10 Å². The van der Waals surface area contributed by atoms with Gasteiger partial charge in [-0.2, -0.15) is 0 Å². The summed E-state index contributed by atoms with van der Waals surface area (Å²) in [4.78, 5) is 29.0. The lowest BCUT2D eigenvalue weighted by molar-refractivity contribution is -0.121. The molecule has 1 aromatic heterocycles. The number of rotatable bonds is 8. The second-order valence-electron chi connectivity index (χ2n) is 8.06. The Balaban J connectivity index is 1.25. The molecular weight excluding hydrogens is 410 g/mol. The molecule has 1 aliphatic heterocycles. The Labute approximate surface area is 186 Å². The van der Waals surface area contributed by atoms with Gasteiger partial charge in [-0.15, -0.1) is 0 Å². The number of aliphatic hydroxyl groups excluding tert-OH is 1. The van der Waals surface area contributed by atoms with Gasteiger partial charge in [-0.3, -0.25) is 9.59 Å². The minimum absolute atomic E-state index is 0.0481. The third kappa shape index (κ3) is 4.91. The molecule has 0 radical (unpaired) electrons. The van der Waals surface area contributed by atoms with E-state index in [0.29, 0.717) is 36.8 Å². The van der Waals surface area contributed by atoms with Crippen molar-refractivity contribution in [2.75, 3.05) is 19.8 Å². The van der Waals surface area contributed by atoms with E-state index in [4.69, 9.17) is 9.47 Å². The molecule has 0 aliphatic carbocycles. The first-order valence-electron chi connectivity index (χ1n) is 10.7. The third-order valence-electron chi connectivity index (χ3n) is 5.62. The quantitative estimate of drug-likeness (QED) is 0.525. The van der Waals surface area contributed by atoms with Crippen molar-refractivity contribution in [2.24, 2.45) is 0 Å². The monoisotopic (exact) mass is 437 g/mol. The Morgan fingerprint density at radius 2 is 1.84 bits per heavy atom. The molecule has 4 rings (SSSR count). The molecule has 168 valence electrons. The molecule has 0 saturated heterocycles. The molecule has 1 aliphatic rings. The molecule has 32 heavy (non-hydrogen) atoms. The summed E-state index contributed by atoms with van der Waals surface area (Å²) in [6.45, 7) is 5.43. The van der Waals surface area contributed by atoms with Gasteiger partial charge in [-0.05, 0) is 55.3 Å². The minimum atomic E-state index is -0.772. The molecule has 2 N–H and O–H groups in total. The lowest BCUT2D eigenvalue weighted by Crippen LogP contribution is -2.34. The summed E-state index contributed by atoms with van der Waals surface area (Å²) >= 11 is 0. The average molecular weight is 437 g/mol. The van der Waals surface area contributed by atoms with Crippen LogP contribution < -0.4 is 14.8 Å². The number of aromatic nitrogens is 2. The molecule has 2 heterocycles. The van der Waals surface area contributed by atoms with Crippen molar-refractivity contribution >= 4 is 22.7 Å². The number of Topliss-reactive ketones (excluding diaryl/α,β-unsaturated/α-hetero) is 1. The van der Waals surface area contributed by atoms with Gasteiger partial charge in [0, 0.05) is 24.9 Å². The van der Waals surface area contributed by atoms with Gasteiger partial charge >= 0.3 is 0 Å². The highest BCUT2D eigenvalue weighted by Gasteiger charge is 2.16. The van der Waals surface area contributed by atoms with E-state index in [9.17, 15) is 14.7 Å². The summed E-state index contributed by atoms with van der Waals surface area (Å²) < 4.78 is 12.8. The van der Waals surface area contributed by atoms with E-state index in [1.807, 2.05) is 30.5 Å². The number of fused-ring (bicyclic) bond motifs is 2. The van der Waals surface area contributed by atoms with Crippen LogP contribution in [0.5, 0.6) is 11.5 Å². The molecule has 2 aromatic carbocycles. The average Bonchev–Trinajstić information content (AvgIpc) is 3.17. The number of nitrogens with zero attached hydrogens (tertiary/aromatic N) is 2. The zero-order valence-corrected chi connectivity index (χ0v) is 18.3. The van der Waals surface area contributed by atoms with Crippen LogP contribution in [0.25, 0.3) is 11.0 Å². The number of hydrogen-bond acceptors (Lipinski definition) is 6. The second-order valence-corrected chi connectivity index (χ2v) is 8.06. The summed E-state index contributed by atoms with van der Waals surface area (Å²) in [5.41, 5.74) is 4.64. The molecule has 1 amide bonds. The van der Waals surface area contributed by atoms with Crippen molar-refractivity contribution in [1.82, 2.24) is 14.9 Å². The molecule has 0 spiro atoms. The Kier molecular flexibility index (Phi) is 6.41. The van der Waals surface area contributed by atoms with Crippen LogP contribution in [0.3, 0.4) is 0 Å². The number of ether oxygens (including phenoxy) is 2. The van der Waals surface area contributed by atoms with Crippen LogP contribution in [-0.2, 0) is 11.3 Å². The van der Waals surface area contributed by atoms with Gasteiger partial charge in [-0.25, -0.2) is 4.98 Å². The molecule has 8 heteroatoms. The highest BCUT2D eigenvalue weighted by atomic mass is 16.6. The second kappa shape index (κ2) is 9.40. The number of nitrogens with one attached hydrogen (secondary N) is 1. The number of ketones is 1. The fourth-order valence-electron chi connectivity index (χ4n) is 3.66. The van der Waals surface area contributed by atoms with Crippen molar-refractivity contribution in [1.29, 1.82) is 0 Å². The molecule has 8 nitrogen and oxygen atoms in total. The van der Waals surface area contributed by atoms with Gasteiger partial charge < -0.3 is 24.5 Å². The van der Waals surface area contributed by atoms with Gasteiger partial charge in [0.05, 0.1) is 30.0 Å². The predicted octanol–water partition coefficient (Wildman–Crippen LogP) is 2.56. The fraction of sp³-hybridized carbons (Fsp3) is 0.375. The van der Waals surface area contributed by atoms with Crippen molar-refractivity contribution in [3.05, 3.63) is 53.3 Å². The maximum Gasteiger partial charge on any atom is 0.220 e. The van der Waals surface area contributed by atoms with E-state index in [1.165, 1.54) is 5.56 Å². The van der Waals surface area contributed by atoms with Crippen LogP contribution in [0, 0.1) is 13.8 Å². The lowest BCUT2D eigenvalue weighted by Gasteiger charge is -2.18. The van der Waals surface area contributed by atoms with E-state index in [1.54, 1.807) is 24.5 Å². The van der Waals surface area contributed by atoms with Crippen LogP contribution in [0.1, 0.15) is 34.3 Å². The number of carbonyl (C=O) groups excluding carboxylic acids is 2. The number of benzene rings is 2. The topological polar surface area (TPSA) is 103 Å². The van der Waals surface area contributed by atoms with E-state index >= 15 is 0 Å². The summed E-state index contributed by atoms with van der Waals surface area (Å²) in [5.74, 6) is 0.743. The number of carbonyl (C=O) groups is 2. The Morgan fingerprint density at radius 1 is 1.09 bits per heavy atom. The molecule has 3 aromatic rings. The van der Waals surface area contributed by atoms with Crippen LogP contribution >= 0.6 is 0 Å². The standard InChI is InChI=1S/C24H27N3O5/c1-15-9-19-20(10-16(15)2)27(14-26-19)13-18(28)12-25-24(30)6-4-21(29)17-3-5-22-23(11-17)32-8-7-31-22/h3,5,9-11,14,18,28H,4,6-8,12-13H2,1-2H3,(H,25,30). The highest BCUT2D eigenvalue weighted by Crippen LogP contribution is 2.31. The predicted molar refractivity (Wildman–Crippen MR) is 119 cm³/mol. The van der Waals surface area contributed by atoms with Crippen molar-refractivity contribution < 1.29 is 24.2 Å². The summed E-state index contributed by atoms with van der Waals surface area (Å²) in [6.07, 6.45) is 1.05. The SMILES string of the molecule is Cc1cc2ncn(CC(O)CNC(=O)CCC(=O)c3ccc4c(c3)OCCO4)c2cc1C. The Hall–Kier alpha value is -3.39. The molecule has 0 saturated carbocycles. The molecule has 0 bridgehead atoms. The zero-order valence-electron chi connectivity index (χ0n) is 18.3. The van der Waals surface area contributed by atoms with Crippen LogP contribution in [0.2, 0.25) is 0 Å². The number of hydrogen-bond donors (Lipinski definition) is 2. The van der Waals surface area contributed by atoms with Gasteiger partial charge in [0.2, 0.25) is 5.91 Å². The van der Waals surface area contributed by atoms with Gasteiger partial charge in [0.15, 0.2) is 17.3 Å². The van der Waals surface area contributed by atoms with Crippen LogP contribution in [0.15, 0.2) is 36.7 Å². The Bertz CT molecular complexity index is 1150. The Morgan fingerprint density at radius 3 is 2.66 bits per heavy atom. The summed E-state index contributed by atoms with van der Waals surface area (Å²) in [6, 6.07) is 9.11. The number of imidazole rings is 1. The van der Waals surface area contributed by atoms with Crippen molar-refractivity contribution in [3.63, 3.8) is 0 Å². The van der Waals surface area contributed by atoms with Crippen molar-refractivity contribution in [3.8, 4) is 11.5 Å². The first-order chi connectivity index (χ1) is 15.4. The fourth-order valence-corrected chi connectivity index (χ4v) is 3.66. The van der Waals surface area contributed by atoms with E-state index in [-0.39, 0.29) is 31.1 Å². The molecule has 1 atom stereocenters. The third-order valence-corrected chi connectivity index (χ3v) is 5.62. The maximum absolute atomic E-state index is 12.4. The van der Waals surface area contributed by atoms with Crippen LogP contribution in [-0.4, -0.2) is 52.2 Å². The van der Waals surface area contributed by atoms with E-state index in [0.717, 1.165) is 16.6 Å². The zero-order chi connectivity index (χ0) is 22.7. The van der Waals surface area contributed by atoms with Gasteiger partial charge in [0.1, 0.15) is 13.2 Å². The van der Waals surface area contributed by atoms with E-state index in [2.05, 4.69) is 10.3 Å². The molecular formula is C24H27N3O5. The number of aryl methyl sites for hydroxylation is 2. The van der Waals surface area contributed by atoms with Gasteiger partial charge in [0.25, 0.3) is 0 Å². The number of amides is 1. The largest absolute Gasteiger partial charge is 0.486 e. The summed E-state index contributed by atoms with van der Waals surface area (Å²) in [5, 5.41) is 13.1. The smallest absolute Gasteiger partial charge is 0.220 e. The summed E-state index contributed by atoms with van der Waals surface area (Å²) in [7, 11) is 0. The maximum atomic E-state index is 12.4. The van der Waals surface area contributed by atoms with Gasteiger partial charge in [-0.1, -0.05) is 0 Å². The first-order valence-corrected chi connectivity index (χ1v) is 10.7. The first kappa shape index (κ1) is 21.8. The molecule has 0 fully saturated rings. The molecule has 1 unspecified atom stereocenters. The highest BCUT2D eigenvalue weighted by molar-refractivity contribution is 5.98. The van der Waals surface area contributed by atoms with Crippen LogP contribution in [0.4, 0.5) is 0 Å². The number of aliphatic hydroxyl groups is 1. The lowest BCUT2D eigenvalue weighted by atomic mass is 10.1. The minimum Gasteiger partial charge on any atom is -0.486 e. The normalized spacial score (nSPS) is 13.7. The van der Waals surface area contributed by atoms with Crippen molar-refractivity contribution in [2.45, 2.75) is 39.3 Å².